The van der Waals surface area contributed by atoms with Crippen molar-refractivity contribution in [3.05, 3.63) is 29.8 Å². The topological polar surface area (TPSA) is 29.3 Å². The van der Waals surface area contributed by atoms with Crippen molar-refractivity contribution < 1.29 is 0 Å². The Labute approximate surface area is 104 Å². The summed E-state index contributed by atoms with van der Waals surface area (Å²) in [4.78, 5) is 2.57. The number of benzene rings is 1. The zero-order valence-corrected chi connectivity index (χ0v) is 10.7. The van der Waals surface area contributed by atoms with Crippen molar-refractivity contribution in [3.63, 3.8) is 0 Å². The van der Waals surface area contributed by atoms with Crippen LogP contribution >= 0.6 is 0 Å². The van der Waals surface area contributed by atoms with Gasteiger partial charge in [0.15, 0.2) is 0 Å². The summed E-state index contributed by atoms with van der Waals surface area (Å²) in [5.41, 5.74) is 9.31. The van der Waals surface area contributed by atoms with Gasteiger partial charge in [-0.05, 0) is 43.4 Å². The molecule has 2 heteroatoms. The second-order valence-electron chi connectivity index (χ2n) is 6.02. The zero-order chi connectivity index (χ0) is 11.9. The van der Waals surface area contributed by atoms with Crippen molar-refractivity contribution in [1.82, 2.24) is 0 Å². The van der Waals surface area contributed by atoms with E-state index >= 15 is 0 Å². The monoisotopic (exact) mass is 230 g/mol. The molecule has 0 bridgehead atoms. The lowest BCUT2D eigenvalue weighted by Crippen LogP contribution is -2.40. The molecule has 2 nitrogen and oxygen atoms in total. The molecule has 1 aromatic carbocycles. The van der Waals surface area contributed by atoms with Gasteiger partial charge < -0.3 is 10.6 Å². The van der Waals surface area contributed by atoms with Crippen molar-refractivity contribution in [2.45, 2.75) is 26.2 Å². The summed E-state index contributed by atoms with van der Waals surface area (Å²) >= 11 is 0. The average molecular weight is 230 g/mol. The van der Waals surface area contributed by atoms with Gasteiger partial charge in [-0.2, -0.15) is 0 Å². The summed E-state index contributed by atoms with van der Waals surface area (Å²) in [5.74, 6) is 0.762. The predicted molar refractivity (Wildman–Crippen MR) is 72.2 cm³/mol. The van der Waals surface area contributed by atoms with E-state index in [0.29, 0.717) is 5.41 Å². The Kier molecular flexibility index (Phi) is 2.62. The molecule has 2 aliphatic rings. The van der Waals surface area contributed by atoms with Crippen LogP contribution in [0.2, 0.25) is 0 Å². The molecule has 1 heterocycles. The number of hydrogen-bond acceptors (Lipinski definition) is 2. The smallest absolute Gasteiger partial charge is 0.0399 e. The van der Waals surface area contributed by atoms with Crippen LogP contribution in [0.15, 0.2) is 24.3 Å². The SMILES string of the molecule is CC1Cc2ccccc2N(CC2(CN)CC2)C1. The number of nitrogens with two attached hydrogens (primary N) is 1. The van der Waals surface area contributed by atoms with E-state index < -0.39 is 0 Å². The molecule has 92 valence electrons. The van der Waals surface area contributed by atoms with Gasteiger partial charge in [-0.1, -0.05) is 25.1 Å². The van der Waals surface area contributed by atoms with Gasteiger partial charge in [-0.15, -0.1) is 0 Å². The van der Waals surface area contributed by atoms with Crippen LogP contribution in [-0.2, 0) is 6.42 Å². The first-order valence-electron chi connectivity index (χ1n) is 6.75. The van der Waals surface area contributed by atoms with Crippen molar-refractivity contribution in [1.29, 1.82) is 0 Å². The lowest BCUT2D eigenvalue weighted by atomic mass is 9.92. The van der Waals surface area contributed by atoms with Crippen LogP contribution in [0.3, 0.4) is 0 Å². The Morgan fingerprint density at radius 3 is 2.82 bits per heavy atom. The molecule has 1 aliphatic heterocycles. The molecule has 1 saturated carbocycles. The summed E-state index contributed by atoms with van der Waals surface area (Å²) in [6.45, 7) is 5.55. The molecule has 1 unspecified atom stereocenters. The fourth-order valence-electron chi connectivity index (χ4n) is 3.06. The van der Waals surface area contributed by atoms with Gasteiger partial charge in [-0.3, -0.25) is 0 Å². The maximum Gasteiger partial charge on any atom is 0.0399 e. The molecule has 0 saturated heterocycles. The molecule has 3 rings (SSSR count). The molecule has 0 aromatic heterocycles. The van der Waals surface area contributed by atoms with E-state index in [-0.39, 0.29) is 0 Å². The standard InChI is InChI=1S/C15H22N2/c1-12-8-13-4-2-3-5-14(13)17(9-12)11-15(10-16)6-7-15/h2-5,12H,6-11,16H2,1H3. The van der Waals surface area contributed by atoms with Crippen LogP contribution in [0.25, 0.3) is 0 Å². The van der Waals surface area contributed by atoms with Crippen LogP contribution in [0, 0.1) is 11.3 Å². The molecule has 0 radical (unpaired) electrons. The molecule has 17 heavy (non-hydrogen) atoms. The van der Waals surface area contributed by atoms with Crippen LogP contribution in [0.1, 0.15) is 25.3 Å². The molecule has 1 aliphatic carbocycles. The fourth-order valence-corrected chi connectivity index (χ4v) is 3.06. The van der Waals surface area contributed by atoms with Gasteiger partial charge in [0.1, 0.15) is 0 Å². The molecule has 1 atom stereocenters. The molecule has 0 spiro atoms. The second-order valence-corrected chi connectivity index (χ2v) is 6.02. The van der Waals surface area contributed by atoms with Crippen LogP contribution in [0.4, 0.5) is 5.69 Å². The highest BCUT2D eigenvalue weighted by Crippen LogP contribution is 2.46. The highest BCUT2D eigenvalue weighted by Gasteiger charge is 2.43. The third-order valence-electron chi connectivity index (χ3n) is 4.35. The molecular formula is C15H22N2. The minimum absolute atomic E-state index is 0.435. The molecular weight excluding hydrogens is 208 g/mol. The van der Waals surface area contributed by atoms with E-state index in [4.69, 9.17) is 5.73 Å². The number of nitrogens with zero attached hydrogens (tertiary/aromatic N) is 1. The summed E-state index contributed by atoms with van der Waals surface area (Å²) < 4.78 is 0. The molecule has 0 amide bonds. The largest absolute Gasteiger partial charge is 0.370 e. The summed E-state index contributed by atoms with van der Waals surface area (Å²) in [7, 11) is 0. The Bertz CT molecular complexity index is 409. The average Bonchev–Trinajstić information content (AvgIpc) is 3.09. The minimum atomic E-state index is 0.435. The maximum atomic E-state index is 5.91. The second kappa shape index (κ2) is 4.02. The van der Waals surface area contributed by atoms with E-state index in [1.165, 1.54) is 37.1 Å². The number of fused-ring (bicyclic) bond motifs is 1. The first-order chi connectivity index (χ1) is 8.22. The highest BCUT2D eigenvalue weighted by molar-refractivity contribution is 5.56. The van der Waals surface area contributed by atoms with Gasteiger partial charge in [0.25, 0.3) is 0 Å². The van der Waals surface area contributed by atoms with Crippen molar-refractivity contribution in [3.8, 4) is 0 Å². The first kappa shape index (κ1) is 11.1. The summed E-state index contributed by atoms with van der Waals surface area (Å²) in [6, 6.07) is 8.86. The Hall–Kier alpha value is -1.02. The fraction of sp³-hybridized carbons (Fsp3) is 0.600. The quantitative estimate of drug-likeness (QED) is 0.864. The Morgan fingerprint density at radius 1 is 1.35 bits per heavy atom. The normalized spacial score (nSPS) is 25.5. The summed E-state index contributed by atoms with van der Waals surface area (Å²) in [5, 5.41) is 0. The van der Waals surface area contributed by atoms with Crippen molar-refractivity contribution in [2.24, 2.45) is 17.1 Å². The lowest BCUT2D eigenvalue weighted by molar-refractivity contribution is 0.459. The zero-order valence-electron chi connectivity index (χ0n) is 10.7. The predicted octanol–water partition coefficient (Wildman–Crippen LogP) is 2.42. The number of rotatable bonds is 3. The lowest BCUT2D eigenvalue weighted by Gasteiger charge is -2.37. The van der Waals surface area contributed by atoms with Crippen LogP contribution in [0.5, 0.6) is 0 Å². The van der Waals surface area contributed by atoms with Crippen molar-refractivity contribution >= 4 is 5.69 Å². The summed E-state index contributed by atoms with van der Waals surface area (Å²) in [6.07, 6.45) is 3.86. The van der Waals surface area contributed by atoms with Gasteiger partial charge in [0.2, 0.25) is 0 Å². The Morgan fingerprint density at radius 2 is 2.12 bits per heavy atom. The van der Waals surface area contributed by atoms with Crippen LogP contribution in [-0.4, -0.2) is 19.6 Å². The molecule has 2 N–H and O–H groups in total. The van der Waals surface area contributed by atoms with E-state index in [9.17, 15) is 0 Å². The molecule has 1 aromatic rings. The first-order valence-corrected chi connectivity index (χ1v) is 6.75. The number of hydrogen-bond donors (Lipinski definition) is 1. The van der Waals surface area contributed by atoms with E-state index in [2.05, 4.69) is 36.1 Å². The van der Waals surface area contributed by atoms with Gasteiger partial charge in [0.05, 0.1) is 0 Å². The van der Waals surface area contributed by atoms with Crippen LogP contribution < -0.4 is 10.6 Å². The van der Waals surface area contributed by atoms with E-state index in [0.717, 1.165) is 19.0 Å². The minimum Gasteiger partial charge on any atom is -0.370 e. The number of anilines is 1. The van der Waals surface area contributed by atoms with E-state index in [1.54, 1.807) is 0 Å². The Balaban J connectivity index is 1.85. The molecule has 1 fully saturated rings. The van der Waals surface area contributed by atoms with Crippen molar-refractivity contribution in [2.75, 3.05) is 24.5 Å². The third-order valence-corrected chi connectivity index (χ3v) is 4.35. The van der Waals surface area contributed by atoms with Gasteiger partial charge in [0, 0.05) is 24.2 Å². The van der Waals surface area contributed by atoms with E-state index in [1.807, 2.05) is 0 Å². The maximum absolute atomic E-state index is 5.91. The van der Waals surface area contributed by atoms with Gasteiger partial charge >= 0.3 is 0 Å². The third kappa shape index (κ3) is 2.06. The van der Waals surface area contributed by atoms with Gasteiger partial charge in [-0.25, -0.2) is 0 Å². The highest BCUT2D eigenvalue weighted by atomic mass is 15.2. The number of para-hydroxylation sites is 1.